The van der Waals surface area contributed by atoms with E-state index in [0.29, 0.717) is 25.4 Å². The quantitative estimate of drug-likeness (QED) is 0.0729. The van der Waals surface area contributed by atoms with Crippen molar-refractivity contribution in [2.45, 2.75) is 82.4 Å². The van der Waals surface area contributed by atoms with Crippen LogP contribution in [0.5, 0.6) is 0 Å². The van der Waals surface area contributed by atoms with E-state index in [2.05, 4.69) is 4.98 Å². The molecule has 5 amide bonds. The number of carbonyl (C=O) groups is 4. The van der Waals surface area contributed by atoms with Gasteiger partial charge in [0, 0.05) is 39.1 Å². The molecule has 0 radical (unpaired) electrons. The Hall–Kier alpha value is -2.69. The molecule has 47 heavy (non-hydrogen) atoms. The van der Waals surface area contributed by atoms with Gasteiger partial charge in [-0.25, -0.2) is 15.3 Å². The molecule has 2 aliphatic heterocycles. The van der Waals surface area contributed by atoms with Gasteiger partial charge < -0.3 is 39.0 Å². The van der Waals surface area contributed by atoms with Gasteiger partial charge >= 0.3 is 21.2 Å². The maximum absolute atomic E-state index is 13.5. The summed E-state index contributed by atoms with van der Waals surface area (Å²) in [5.41, 5.74) is 0.673. The van der Waals surface area contributed by atoms with Crippen LogP contribution in [-0.2, 0) is 30.1 Å². The van der Waals surface area contributed by atoms with Crippen molar-refractivity contribution in [1.82, 2.24) is 29.7 Å². The van der Waals surface area contributed by atoms with Crippen LogP contribution in [-0.4, -0.2) is 115 Å². The second kappa shape index (κ2) is 15.2. The van der Waals surface area contributed by atoms with Gasteiger partial charge in [0.05, 0.1) is 24.7 Å². The lowest BCUT2D eigenvalue weighted by atomic mass is 9.81. The molecular formula is C27H46N6O12P2. The minimum atomic E-state index is -5.41. The van der Waals surface area contributed by atoms with Gasteiger partial charge in [-0.3, -0.25) is 33.6 Å². The molecule has 0 spiro atoms. The lowest BCUT2D eigenvalue weighted by Gasteiger charge is -2.35. The fourth-order valence-electron chi connectivity index (χ4n) is 6.18. The summed E-state index contributed by atoms with van der Waals surface area (Å²) >= 11 is 0. The zero-order chi connectivity index (χ0) is 35.4. The molecule has 1 aromatic heterocycles. The van der Waals surface area contributed by atoms with Gasteiger partial charge in [-0.2, -0.15) is 0 Å². The molecular weight excluding hydrogens is 662 g/mol. The van der Waals surface area contributed by atoms with Crippen molar-refractivity contribution in [3.63, 3.8) is 0 Å². The molecule has 4 rings (SSSR count). The molecule has 0 unspecified atom stereocenters. The summed E-state index contributed by atoms with van der Waals surface area (Å²) in [7, 11) is -9.26. The first kappa shape index (κ1) is 38.8. The molecule has 3 heterocycles. The molecule has 1 aromatic rings. The molecule has 0 aromatic carbocycles. The third kappa shape index (κ3) is 8.67. The SMILES string of the molecule is CN1C(=O)N(C[C@H](C(=O)NO)[C@@H](CC2CCCC2)C(=O)N2CCCCC2)C(=O)C1(C)C.O=P(O)(O)C(O)(Cn1ccnc1)P(=O)(O)O. The van der Waals surface area contributed by atoms with Gasteiger partial charge in [0.15, 0.2) is 0 Å². The topological polar surface area (TPSA) is 263 Å². The van der Waals surface area contributed by atoms with Crippen molar-refractivity contribution >= 4 is 38.9 Å². The van der Waals surface area contributed by atoms with Crippen LogP contribution >= 0.6 is 15.2 Å². The highest BCUT2D eigenvalue weighted by molar-refractivity contribution is 7.72. The molecule has 18 nitrogen and oxygen atoms in total. The Morgan fingerprint density at radius 3 is 2.04 bits per heavy atom. The number of amides is 5. The second-order valence-corrected chi connectivity index (χ2v) is 16.9. The number of rotatable bonds is 11. The number of urea groups is 1. The summed E-state index contributed by atoms with van der Waals surface area (Å²) in [6.45, 7) is 3.46. The maximum Gasteiger partial charge on any atom is 0.371 e. The summed E-state index contributed by atoms with van der Waals surface area (Å²) in [6.07, 6.45) is 11.2. The smallest absolute Gasteiger partial charge is 0.366 e. The first-order valence-corrected chi connectivity index (χ1v) is 18.6. The highest BCUT2D eigenvalue weighted by atomic mass is 31.2. The molecule has 7 N–H and O–H groups in total. The molecule has 20 heteroatoms. The van der Waals surface area contributed by atoms with Crippen LogP contribution in [0.25, 0.3) is 0 Å². The first-order chi connectivity index (χ1) is 21.8. The van der Waals surface area contributed by atoms with Gasteiger partial charge in [-0.1, -0.05) is 25.7 Å². The fourth-order valence-corrected chi connectivity index (χ4v) is 8.24. The third-order valence-corrected chi connectivity index (χ3v) is 13.1. The molecule has 1 aliphatic carbocycles. The molecule has 2 atom stereocenters. The number of hydroxylamine groups is 1. The van der Waals surface area contributed by atoms with E-state index in [1.54, 1.807) is 26.4 Å². The number of likely N-dealkylation sites (tertiary alicyclic amines) is 1. The van der Waals surface area contributed by atoms with E-state index in [0.717, 1.165) is 60.7 Å². The Labute approximate surface area is 272 Å². The number of piperidine rings is 1. The summed E-state index contributed by atoms with van der Waals surface area (Å²) in [5.74, 6) is -2.57. The van der Waals surface area contributed by atoms with Gasteiger partial charge in [0.1, 0.15) is 5.54 Å². The number of hydrogen-bond donors (Lipinski definition) is 7. The highest BCUT2D eigenvalue weighted by Gasteiger charge is 2.59. The predicted octanol–water partition coefficient (Wildman–Crippen LogP) is 0.874. The van der Waals surface area contributed by atoms with E-state index in [4.69, 9.17) is 19.6 Å². The van der Waals surface area contributed by atoms with Crippen LogP contribution in [0.1, 0.15) is 65.2 Å². The van der Waals surface area contributed by atoms with Gasteiger partial charge in [0.25, 0.3) is 11.0 Å². The number of imide groups is 1. The average molecular weight is 709 g/mol. The van der Waals surface area contributed by atoms with E-state index in [1.165, 1.54) is 17.3 Å². The van der Waals surface area contributed by atoms with Crippen LogP contribution in [0.3, 0.4) is 0 Å². The summed E-state index contributed by atoms with van der Waals surface area (Å²) in [6, 6.07) is -0.490. The van der Waals surface area contributed by atoms with E-state index in [9.17, 15) is 38.6 Å². The third-order valence-electron chi connectivity index (χ3n) is 9.37. The molecule has 0 bridgehead atoms. The van der Waals surface area contributed by atoms with Gasteiger partial charge in [-0.15, -0.1) is 0 Å². The van der Waals surface area contributed by atoms with E-state index in [1.807, 2.05) is 4.90 Å². The standard InChI is InChI=1S/C22H36N4O5.C5H10N2O7P2/c1-22(2)20(29)26(21(30)24(22)3)14-17(18(27)23-31)16(13-15-9-5-6-10-15)19(28)25-11-7-4-8-12-25;8-5(15(9,10)11,16(12,13)14)3-7-2-1-6-4-7/h15-17,31H,4-14H2,1-3H3,(H,23,27);1-2,4,8H,3H2,(H2,9,10,11)(H2,12,13,14)/t16-,17+;/m1./s1. The van der Waals surface area contributed by atoms with E-state index >= 15 is 0 Å². The lowest BCUT2D eigenvalue weighted by molar-refractivity contribution is -0.148. The number of hydrogen-bond acceptors (Lipinski definition) is 9. The first-order valence-electron chi connectivity index (χ1n) is 15.4. The Bertz CT molecular complexity index is 1350. The Morgan fingerprint density at radius 1 is 1.02 bits per heavy atom. The summed E-state index contributed by atoms with van der Waals surface area (Å²) in [5, 5.41) is 15.5. The molecule has 2 saturated heterocycles. The van der Waals surface area contributed by atoms with Crippen LogP contribution in [0.15, 0.2) is 18.7 Å². The molecule has 1 saturated carbocycles. The minimum absolute atomic E-state index is 0.105. The number of aromatic nitrogens is 2. The monoisotopic (exact) mass is 708 g/mol. The van der Waals surface area contributed by atoms with Crippen molar-refractivity contribution in [3.05, 3.63) is 18.7 Å². The zero-order valence-electron chi connectivity index (χ0n) is 26.7. The largest absolute Gasteiger partial charge is 0.371 e. The van der Waals surface area contributed by atoms with Crippen LogP contribution in [0, 0.1) is 17.8 Å². The number of carbonyl (C=O) groups excluding carboxylic acids is 4. The van der Waals surface area contributed by atoms with Crippen LogP contribution in [0.4, 0.5) is 4.79 Å². The van der Waals surface area contributed by atoms with Crippen molar-refractivity contribution in [2.75, 3.05) is 26.7 Å². The normalized spacial score (nSPS) is 20.6. The zero-order valence-corrected chi connectivity index (χ0v) is 28.5. The maximum atomic E-state index is 13.5. The molecule has 3 aliphatic rings. The van der Waals surface area contributed by atoms with Gasteiger partial charge in [-0.05, 0) is 45.4 Å². The Balaban J connectivity index is 0.000000316. The van der Waals surface area contributed by atoms with E-state index < -0.39 is 62.0 Å². The van der Waals surface area contributed by atoms with Crippen molar-refractivity contribution in [1.29, 1.82) is 0 Å². The van der Waals surface area contributed by atoms with E-state index in [-0.39, 0.29) is 12.5 Å². The van der Waals surface area contributed by atoms with Crippen molar-refractivity contribution in [2.24, 2.45) is 17.8 Å². The summed E-state index contributed by atoms with van der Waals surface area (Å²) in [4.78, 5) is 94.9. The van der Waals surface area contributed by atoms with Gasteiger partial charge in [0.2, 0.25) is 11.8 Å². The number of imidazole rings is 1. The average Bonchev–Trinajstić information content (AvgIpc) is 3.75. The number of aliphatic hydroxyl groups is 1. The number of nitrogens with one attached hydrogen (secondary N) is 1. The van der Waals surface area contributed by atoms with Crippen molar-refractivity contribution < 1.29 is 58.2 Å². The number of nitrogens with zero attached hydrogens (tertiary/aromatic N) is 5. The Morgan fingerprint density at radius 2 is 1.60 bits per heavy atom. The summed E-state index contributed by atoms with van der Waals surface area (Å²) < 4.78 is 22.8. The highest BCUT2D eigenvalue weighted by Crippen LogP contribution is 2.68. The van der Waals surface area contributed by atoms with Crippen molar-refractivity contribution in [3.8, 4) is 0 Å². The molecule has 266 valence electrons. The minimum Gasteiger partial charge on any atom is -0.366 e. The van der Waals surface area contributed by atoms with Crippen LogP contribution in [0.2, 0.25) is 0 Å². The fraction of sp³-hybridized carbons (Fsp3) is 0.741. The second-order valence-electron chi connectivity index (χ2n) is 12.9. The van der Waals surface area contributed by atoms with Crippen LogP contribution < -0.4 is 5.48 Å². The predicted molar refractivity (Wildman–Crippen MR) is 164 cm³/mol. The number of likely N-dealkylation sites (N-methyl/N-ethyl adjacent to an activating group) is 1. The lowest BCUT2D eigenvalue weighted by Crippen LogP contribution is -2.50. The molecule has 3 fully saturated rings. The Kier molecular flexibility index (Phi) is 12.6.